The second kappa shape index (κ2) is 7.32. The smallest absolute Gasteiger partial charge is 0.260 e. The molecule has 0 radical (unpaired) electrons. The Morgan fingerprint density at radius 2 is 1.83 bits per heavy atom. The first-order valence-electron chi connectivity index (χ1n) is 10.1. The molecule has 0 N–H and O–H groups in total. The SMILES string of the molecule is Cc1cc(-c2ccc(CN3Cc4ccnc(OC5CCC5)c4C3=O)cc2)ccn1. The van der Waals surface area contributed by atoms with Crippen LogP contribution in [0.4, 0.5) is 0 Å². The fourth-order valence-electron chi connectivity index (χ4n) is 3.89. The molecule has 5 heteroatoms. The molecule has 0 saturated heterocycles. The van der Waals surface area contributed by atoms with Gasteiger partial charge >= 0.3 is 0 Å². The van der Waals surface area contributed by atoms with Gasteiger partial charge in [-0.05, 0) is 66.6 Å². The molecule has 3 aromatic rings. The standard InChI is InChI=1S/C24H23N3O2/c1-16-13-19(9-11-25-16)18-7-5-17(6-8-18)14-27-15-20-10-12-26-23(22(20)24(27)28)29-21-3-2-4-21/h5-13,21H,2-4,14-15H2,1H3. The van der Waals surface area contributed by atoms with Crippen LogP contribution in [0.25, 0.3) is 11.1 Å². The van der Waals surface area contributed by atoms with Gasteiger partial charge in [0.25, 0.3) is 5.91 Å². The lowest BCUT2D eigenvalue weighted by Gasteiger charge is -2.26. The van der Waals surface area contributed by atoms with Gasteiger partial charge in [-0.2, -0.15) is 0 Å². The van der Waals surface area contributed by atoms with Crippen LogP contribution in [0.15, 0.2) is 54.9 Å². The van der Waals surface area contributed by atoms with Gasteiger partial charge in [0.05, 0.1) is 0 Å². The molecule has 0 unspecified atom stereocenters. The van der Waals surface area contributed by atoms with E-state index in [1.54, 1.807) is 6.20 Å². The number of carbonyl (C=O) groups is 1. The van der Waals surface area contributed by atoms with E-state index in [0.29, 0.717) is 24.5 Å². The van der Waals surface area contributed by atoms with Gasteiger partial charge in [0, 0.05) is 31.2 Å². The third-order valence-corrected chi connectivity index (χ3v) is 5.75. The summed E-state index contributed by atoms with van der Waals surface area (Å²) >= 11 is 0. The van der Waals surface area contributed by atoms with Gasteiger partial charge in [0.1, 0.15) is 11.7 Å². The lowest BCUT2D eigenvalue weighted by molar-refractivity contribution is 0.0750. The van der Waals surface area contributed by atoms with Crippen LogP contribution >= 0.6 is 0 Å². The summed E-state index contributed by atoms with van der Waals surface area (Å²) in [4.78, 5) is 23.5. The summed E-state index contributed by atoms with van der Waals surface area (Å²) in [6, 6.07) is 14.4. The second-order valence-corrected chi connectivity index (χ2v) is 7.87. The van der Waals surface area contributed by atoms with Gasteiger partial charge < -0.3 is 9.64 Å². The molecule has 0 bridgehead atoms. The van der Waals surface area contributed by atoms with Crippen LogP contribution in [-0.2, 0) is 13.1 Å². The number of pyridine rings is 2. The summed E-state index contributed by atoms with van der Waals surface area (Å²) in [6.07, 6.45) is 7.07. The molecule has 1 aliphatic carbocycles. The average molecular weight is 385 g/mol. The van der Waals surface area contributed by atoms with Crippen molar-refractivity contribution in [2.24, 2.45) is 0 Å². The van der Waals surface area contributed by atoms with Crippen molar-refractivity contribution < 1.29 is 9.53 Å². The average Bonchev–Trinajstić information content (AvgIpc) is 3.01. The maximum atomic E-state index is 13.0. The topological polar surface area (TPSA) is 55.3 Å². The number of hydrogen-bond acceptors (Lipinski definition) is 4. The Hall–Kier alpha value is -3.21. The van der Waals surface area contributed by atoms with Crippen molar-refractivity contribution in [3.63, 3.8) is 0 Å². The van der Waals surface area contributed by atoms with Gasteiger partial charge in [0.2, 0.25) is 5.88 Å². The van der Waals surface area contributed by atoms with E-state index in [9.17, 15) is 4.79 Å². The number of ether oxygens (including phenoxy) is 1. The summed E-state index contributed by atoms with van der Waals surface area (Å²) < 4.78 is 5.97. The molecule has 1 aromatic carbocycles. The minimum Gasteiger partial charge on any atom is -0.474 e. The van der Waals surface area contributed by atoms with Crippen LogP contribution in [0.5, 0.6) is 5.88 Å². The summed E-state index contributed by atoms with van der Waals surface area (Å²) in [5, 5.41) is 0. The minimum atomic E-state index is 0.0104. The number of rotatable bonds is 5. The number of hydrogen-bond donors (Lipinski definition) is 0. The van der Waals surface area contributed by atoms with Gasteiger partial charge in [-0.1, -0.05) is 24.3 Å². The molecule has 1 fully saturated rings. The molecule has 1 amide bonds. The van der Waals surface area contributed by atoms with Crippen LogP contribution in [0.3, 0.4) is 0 Å². The summed E-state index contributed by atoms with van der Waals surface area (Å²) in [5.41, 5.74) is 6.05. The van der Waals surface area contributed by atoms with Gasteiger partial charge in [0.15, 0.2) is 0 Å². The maximum absolute atomic E-state index is 13.0. The molecule has 5 nitrogen and oxygen atoms in total. The predicted octanol–water partition coefficient (Wildman–Crippen LogP) is 4.54. The first-order chi connectivity index (χ1) is 14.2. The van der Waals surface area contributed by atoms with Crippen LogP contribution in [0.2, 0.25) is 0 Å². The summed E-state index contributed by atoms with van der Waals surface area (Å²) in [5.74, 6) is 0.513. The Balaban J connectivity index is 1.32. The number of nitrogens with zero attached hydrogens (tertiary/aromatic N) is 3. The van der Waals surface area contributed by atoms with Crippen molar-refractivity contribution in [3.05, 3.63) is 77.2 Å². The molecule has 0 atom stereocenters. The van der Waals surface area contributed by atoms with E-state index in [2.05, 4.69) is 40.3 Å². The van der Waals surface area contributed by atoms with Gasteiger partial charge in [-0.25, -0.2) is 4.98 Å². The number of amides is 1. The predicted molar refractivity (Wildman–Crippen MR) is 110 cm³/mol. The van der Waals surface area contributed by atoms with E-state index in [-0.39, 0.29) is 12.0 Å². The third-order valence-electron chi connectivity index (χ3n) is 5.75. The molecule has 2 aromatic heterocycles. The van der Waals surface area contributed by atoms with E-state index in [0.717, 1.165) is 40.8 Å². The fraction of sp³-hybridized carbons (Fsp3) is 0.292. The molecule has 146 valence electrons. The Kier molecular flexibility index (Phi) is 4.51. The highest BCUT2D eigenvalue weighted by Crippen LogP contribution is 2.33. The van der Waals surface area contributed by atoms with Crippen molar-refractivity contribution in [3.8, 4) is 17.0 Å². The largest absolute Gasteiger partial charge is 0.474 e. The normalized spacial score (nSPS) is 15.9. The Morgan fingerprint density at radius 3 is 2.55 bits per heavy atom. The van der Waals surface area contributed by atoms with E-state index >= 15 is 0 Å². The number of carbonyl (C=O) groups excluding carboxylic acids is 1. The Bertz CT molecular complexity index is 1060. The Labute approximate surface area is 170 Å². The molecular weight excluding hydrogens is 362 g/mol. The first-order valence-corrected chi connectivity index (χ1v) is 10.1. The van der Waals surface area contributed by atoms with Gasteiger partial charge in [-0.15, -0.1) is 0 Å². The highest BCUT2D eigenvalue weighted by Gasteiger charge is 2.33. The highest BCUT2D eigenvalue weighted by atomic mass is 16.5. The van der Waals surface area contributed by atoms with Crippen molar-refractivity contribution in [2.75, 3.05) is 0 Å². The zero-order chi connectivity index (χ0) is 19.8. The molecule has 5 rings (SSSR count). The van der Waals surface area contributed by atoms with E-state index < -0.39 is 0 Å². The molecule has 1 aliphatic heterocycles. The van der Waals surface area contributed by atoms with Gasteiger partial charge in [-0.3, -0.25) is 9.78 Å². The molecule has 3 heterocycles. The highest BCUT2D eigenvalue weighted by molar-refractivity contribution is 6.00. The molecule has 29 heavy (non-hydrogen) atoms. The van der Waals surface area contributed by atoms with E-state index in [1.807, 2.05) is 30.2 Å². The van der Waals surface area contributed by atoms with Crippen molar-refractivity contribution in [2.45, 2.75) is 45.4 Å². The zero-order valence-corrected chi connectivity index (χ0v) is 16.5. The number of benzene rings is 1. The number of fused-ring (bicyclic) bond motifs is 1. The van der Waals surface area contributed by atoms with Crippen LogP contribution < -0.4 is 4.74 Å². The second-order valence-electron chi connectivity index (χ2n) is 7.87. The maximum Gasteiger partial charge on any atom is 0.260 e. The molecular formula is C24H23N3O2. The van der Waals surface area contributed by atoms with Crippen molar-refractivity contribution >= 4 is 5.91 Å². The zero-order valence-electron chi connectivity index (χ0n) is 16.5. The fourth-order valence-corrected chi connectivity index (χ4v) is 3.89. The molecule has 1 saturated carbocycles. The lowest BCUT2D eigenvalue weighted by atomic mass is 9.96. The van der Waals surface area contributed by atoms with Crippen LogP contribution in [0.1, 0.15) is 46.4 Å². The number of aromatic nitrogens is 2. The minimum absolute atomic E-state index is 0.0104. The van der Waals surface area contributed by atoms with Crippen molar-refractivity contribution in [1.82, 2.24) is 14.9 Å². The van der Waals surface area contributed by atoms with E-state index in [1.165, 1.54) is 6.42 Å². The number of aryl methyl sites for hydroxylation is 1. The summed E-state index contributed by atoms with van der Waals surface area (Å²) in [7, 11) is 0. The van der Waals surface area contributed by atoms with E-state index in [4.69, 9.17) is 4.74 Å². The first kappa shape index (κ1) is 17.9. The molecule has 0 spiro atoms. The summed E-state index contributed by atoms with van der Waals surface area (Å²) in [6.45, 7) is 3.17. The Morgan fingerprint density at radius 1 is 1.03 bits per heavy atom. The van der Waals surface area contributed by atoms with Crippen LogP contribution in [0, 0.1) is 6.92 Å². The lowest BCUT2D eigenvalue weighted by Crippen LogP contribution is -2.27. The third kappa shape index (κ3) is 3.48. The van der Waals surface area contributed by atoms with Crippen molar-refractivity contribution in [1.29, 1.82) is 0 Å². The molecule has 2 aliphatic rings. The monoisotopic (exact) mass is 385 g/mol. The van der Waals surface area contributed by atoms with Crippen LogP contribution in [-0.4, -0.2) is 26.9 Å². The quantitative estimate of drug-likeness (QED) is 0.647.